The second-order valence-corrected chi connectivity index (χ2v) is 10.9. The lowest BCUT2D eigenvalue weighted by molar-refractivity contribution is 0.0549. The van der Waals surface area contributed by atoms with Crippen molar-refractivity contribution in [2.75, 3.05) is 18.4 Å². The molecule has 1 aliphatic carbocycles. The molecule has 1 amide bonds. The Balaban J connectivity index is 1.54. The number of anilines is 1. The van der Waals surface area contributed by atoms with Crippen molar-refractivity contribution in [2.45, 2.75) is 70.8 Å². The summed E-state index contributed by atoms with van der Waals surface area (Å²) in [6, 6.07) is 3.86. The van der Waals surface area contributed by atoms with Gasteiger partial charge in [-0.1, -0.05) is 37.4 Å². The molecule has 1 saturated heterocycles. The molecular formula is C25H33ClN4OS. The summed E-state index contributed by atoms with van der Waals surface area (Å²) in [7, 11) is 0. The Kier molecular flexibility index (Phi) is 7.21. The van der Waals surface area contributed by atoms with Crippen LogP contribution in [0.1, 0.15) is 78.2 Å². The van der Waals surface area contributed by atoms with Crippen LogP contribution in [0.3, 0.4) is 0 Å². The number of aryl methyl sites for hydroxylation is 1. The molecule has 1 aliphatic heterocycles. The molecular weight excluding hydrogens is 440 g/mol. The van der Waals surface area contributed by atoms with Crippen LogP contribution in [0.2, 0.25) is 5.02 Å². The second kappa shape index (κ2) is 9.92. The average molecular weight is 473 g/mol. The molecule has 4 rings (SSSR count). The molecule has 3 heterocycles. The molecule has 0 aromatic carbocycles. The van der Waals surface area contributed by atoms with Crippen molar-refractivity contribution < 1.29 is 4.79 Å². The van der Waals surface area contributed by atoms with E-state index in [0.29, 0.717) is 17.0 Å². The van der Waals surface area contributed by atoms with Gasteiger partial charge in [-0.3, -0.25) is 4.79 Å². The number of hydrogen-bond donors (Lipinski definition) is 1. The molecule has 2 aromatic rings. The van der Waals surface area contributed by atoms with E-state index in [1.54, 1.807) is 6.20 Å². The van der Waals surface area contributed by atoms with Crippen LogP contribution in [0, 0.1) is 12.3 Å². The number of likely N-dealkylation sites (tertiary alicyclic amines) is 1. The number of nitrogens with zero attached hydrogens (tertiary/aromatic N) is 3. The summed E-state index contributed by atoms with van der Waals surface area (Å²) in [5.74, 6) is 1.05. The summed E-state index contributed by atoms with van der Waals surface area (Å²) in [6.07, 6.45) is 11.5. The zero-order chi connectivity index (χ0) is 22.7. The maximum absolute atomic E-state index is 13.8. The first-order valence-electron chi connectivity index (χ1n) is 11.7. The van der Waals surface area contributed by atoms with Crippen LogP contribution < -0.4 is 5.32 Å². The first-order valence-corrected chi connectivity index (χ1v) is 12.9. The number of rotatable bonds is 9. The largest absolute Gasteiger partial charge is 0.368 e. The first-order chi connectivity index (χ1) is 15.4. The third-order valence-electron chi connectivity index (χ3n) is 6.92. The minimum Gasteiger partial charge on any atom is -0.368 e. The number of hydrogen-bond acceptors (Lipinski definition) is 5. The third-order valence-corrected chi connectivity index (χ3v) is 8.11. The molecule has 2 aromatic heterocycles. The fourth-order valence-corrected chi connectivity index (χ4v) is 5.86. The predicted molar refractivity (Wildman–Crippen MR) is 133 cm³/mol. The summed E-state index contributed by atoms with van der Waals surface area (Å²) >= 11 is 7.50. The Morgan fingerprint density at radius 2 is 2.25 bits per heavy atom. The van der Waals surface area contributed by atoms with Gasteiger partial charge in [-0.15, -0.1) is 17.9 Å². The van der Waals surface area contributed by atoms with Crippen molar-refractivity contribution in [3.63, 3.8) is 0 Å². The maximum atomic E-state index is 13.8. The van der Waals surface area contributed by atoms with Crippen LogP contribution in [0.5, 0.6) is 0 Å². The number of nitrogens with one attached hydrogen (secondary N) is 1. The lowest BCUT2D eigenvalue weighted by Gasteiger charge is -2.40. The zero-order valence-electron chi connectivity index (χ0n) is 19.1. The fourth-order valence-electron chi connectivity index (χ4n) is 4.80. The molecule has 2 fully saturated rings. The number of allylic oxidation sites excluding steroid dienone is 1. The topological polar surface area (TPSA) is 58.1 Å². The van der Waals surface area contributed by atoms with Crippen LogP contribution in [0.25, 0.3) is 0 Å². The molecule has 172 valence electrons. The van der Waals surface area contributed by atoms with Gasteiger partial charge < -0.3 is 10.2 Å². The Hall–Kier alpha value is -1.92. The predicted octanol–water partition coefficient (Wildman–Crippen LogP) is 6.46. The van der Waals surface area contributed by atoms with Gasteiger partial charge in [0.15, 0.2) is 0 Å². The van der Waals surface area contributed by atoms with Crippen LogP contribution in [-0.2, 0) is 0 Å². The van der Waals surface area contributed by atoms with E-state index in [-0.39, 0.29) is 17.9 Å². The summed E-state index contributed by atoms with van der Waals surface area (Å²) in [4.78, 5) is 25.8. The van der Waals surface area contributed by atoms with Crippen LogP contribution in [-0.4, -0.2) is 39.9 Å². The van der Waals surface area contributed by atoms with Gasteiger partial charge in [0.2, 0.25) is 0 Å². The van der Waals surface area contributed by atoms with E-state index >= 15 is 0 Å². The molecule has 5 nitrogen and oxygen atoms in total. The Bertz CT molecular complexity index is 953. The lowest BCUT2D eigenvalue weighted by atomic mass is 9.87. The van der Waals surface area contributed by atoms with Crippen molar-refractivity contribution in [3.05, 3.63) is 51.6 Å². The quantitative estimate of drug-likeness (QED) is 0.425. The first kappa shape index (κ1) is 23.2. The zero-order valence-corrected chi connectivity index (χ0v) is 20.6. The fraction of sp³-hybridized carbons (Fsp3) is 0.560. The molecule has 0 bridgehead atoms. The summed E-state index contributed by atoms with van der Waals surface area (Å²) in [6.45, 7) is 9.72. The smallest absolute Gasteiger partial charge is 0.266 e. The highest BCUT2D eigenvalue weighted by molar-refractivity contribution is 7.13. The van der Waals surface area contributed by atoms with Gasteiger partial charge >= 0.3 is 0 Å². The Morgan fingerprint density at radius 3 is 2.91 bits per heavy atom. The van der Waals surface area contributed by atoms with Gasteiger partial charge in [0.25, 0.3) is 5.91 Å². The number of halogens is 1. The molecule has 2 aliphatic rings. The Morgan fingerprint density at radius 1 is 1.44 bits per heavy atom. The van der Waals surface area contributed by atoms with E-state index in [9.17, 15) is 4.79 Å². The normalized spacial score (nSPS) is 20.2. The third kappa shape index (κ3) is 5.18. The number of thiazole rings is 1. The number of pyridine rings is 1. The molecule has 2 unspecified atom stereocenters. The van der Waals surface area contributed by atoms with Crippen molar-refractivity contribution in [1.29, 1.82) is 0 Å². The number of carbonyl (C=O) groups is 1. The Labute approximate surface area is 200 Å². The number of piperidine rings is 1. The SMILES string of the molecule is C=CC(CCCC)c1nc(C)sc1C(=O)N1CCC2(CC2)CC1CNc1ccc(Cl)cn1. The second-order valence-electron chi connectivity index (χ2n) is 9.28. The summed E-state index contributed by atoms with van der Waals surface area (Å²) in [5.41, 5.74) is 1.35. The van der Waals surface area contributed by atoms with Gasteiger partial charge in [0.1, 0.15) is 10.7 Å². The van der Waals surface area contributed by atoms with Crippen molar-refractivity contribution >= 4 is 34.7 Å². The molecule has 2 atom stereocenters. The van der Waals surface area contributed by atoms with Gasteiger partial charge in [0, 0.05) is 31.2 Å². The van der Waals surface area contributed by atoms with E-state index in [1.165, 1.54) is 24.2 Å². The van der Waals surface area contributed by atoms with Crippen LogP contribution in [0.4, 0.5) is 5.82 Å². The van der Waals surface area contributed by atoms with E-state index in [1.807, 2.05) is 25.1 Å². The van der Waals surface area contributed by atoms with Gasteiger partial charge in [-0.25, -0.2) is 9.97 Å². The van der Waals surface area contributed by atoms with Gasteiger partial charge in [-0.05, 0) is 56.6 Å². The number of amides is 1. The minimum absolute atomic E-state index is 0.125. The molecule has 1 saturated carbocycles. The standard InChI is InChI=1S/C25H33ClN4OS/c1-4-6-7-18(5-2)22-23(32-17(3)29-22)24(31)30-13-12-25(10-11-25)14-20(30)16-28-21-9-8-19(26)15-27-21/h5,8-9,15,18,20H,2,4,6-7,10-14,16H2,1,3H3,(H,27,28). The van der Waals surface area contributed by atoms with Crippen molar-refractivity contribution in [2.24, 2.45) is 5.41 Å². The monoisotopic (exact) mass is 472 g/mol. The molecule has 1 N–H and O–H groups in total. The van der Waals surface area contributed by atoms with E-state index in [4.69, 9.17) is 16.6 Å². The van der Waals surface area contributed by atoms with Crippen molar-refractivity contribution in [1.82, 2.24) is 14.9 Å². The lowest BCUT2D eigenvalue weighted by Crippen LogP contribution is -2.49. The maximum Gasteiger partial charge on any atom is 0.266 e. The average Bonchev–Trinajstić information content (AvgIpc) is 3.43. The van der Waals surface area contributed by atoms with Gasteiger partial charge in [0.05, 0.1) is 15.7 Å². The van der Waals surface area contributed by atoms with Gasteiger partial charge in [-0.2, -0.15) is 0 Å². The summed E-state index contributed by atoms with van der Waals surface area (Å²) < 4.78 is 0. The minimum atomic E-state index is 0.125. The molecule has 7 heteroatoms. The highest BCUT2D eigenvalue weighted by atomic mass is 35.5. The van der Waals surface area contributed by atoms with Crippen molar-refractivity contribution in [3.8, 4) is 0 Å². The van der Waals surface area contributed by atoms with E-state index in [2.05, 4.69) is 28.7 Å². The highest BCUT2D eigenvalue weighted by Crippen LogP contribution is 2.55. The number of carbonyl (C=O) groups excluding carboxylic acids is 1. The number of aromatic nitrogens is 2. The van der Waals surface area contributed by atoms with Crippen LogP contribution >= 0.6 is 22.9 Å². The van der Waals surface area contributed by atoms with E-state index in [0.717, 1.165) is 60.0 Å². The molecule has 1 spiro atoms. The number of unbranched alkanes of at least 4 members (excludes halogenated alkanes) is 1. The molecule has 0 radical (unpaired) electrons. The molecule has 32 heavy (non-hydrogen) atoms. The summed E-state index contributed by atoms with van der Waals surface area (Å²) in [5, 5.41) is 5.00. The highest BCUT2D eigenvalue weighted by Gasteiger charge is 2.49. The van der Waals surface area contributed by atoms with E-state index < -0.39 is 0 Å². The van der Waals surface area contributed by atoms with Crippen LogP contribution in [0.15, 0.2) is 31.0 Å².